The molecule has 3 rings (SSSR count). The van der Waals surface area contributed by atoms with Gasteiger partial charge in [0.25, 0.3) is 0 Å². The number of hydrogen-bond acceptors (Lipinski definition) is 4. The summed E-state index contributed by atoms with van der Waals surface area (Å²) in [6.45, 7) is 10.9. The lowest BCUT2D eigenvalue weighted by atomic mass is 9.91. The van der Waals surface area contributed by atoms with Crippen molar-refractivity contribution in [3.8, 4) is 11.4 Å². The van der Waals surface area contributed by atoms with Crippen LogP contribution in [0.15, 0.2) is 59.1 Å². The van der Waals surface area contributed by atoms with Crippen molar-refractivity contribution in [3.05, 3.63) is 71.6 Å². The number of carbonyl (C=O) groups is 1. The first-order valence-electron chi connectivity index (χ1n) is 10.5. The number of carbonyl (C=O) groups excluding carboxylic acids is 1. The molecule has 3 aromatic rings. The van der Waals surface area contributed by atoms with E-state index in [0.29, 0.717) is 31.1 Å². The van der Waals surface area contributed by atoms with E-state index < -0.39 is 0 Å². The lowest BCUT2D eigenvalue weighted by Gasteiger charge is -2.32. The van der Waals surface area contributed by atoms with Crippen LogP contribution in [0, 0.1) is 12.3 Å². The highest BCUT2D eigenvalue weighted by atomic mass is 16.5. The van der Waals surface area contributed by atoms with E-state index in [1.165, 1.54) is 5.56 Å². The van der Waals surface area contributed by atoms with Crippen LogP contribution >= 0.6 is 0 Å². The van der Waals surface area contributed by atoms with Gasteiger partial charge in [-0.25, -0.2) is 0 Å². The van der Waals surface area contributed by atoms with Crippen molar-refractivity contribution >= 4 is 5.91 Å². The highest BCUT2D eigenvalue weighted by Gasteiger charge is 2.26. The Balaban J connectivity index is 1.74. The second-order valence-corrected chi connectivity index (χ2v) is 9.04. The van der Waals surface area contributed by atoms with Crippen LogP contribution in [0.1, 0.15) is 57.2 Å². The summed E-state index contributed by atoms with van der Waals surface area (Å²) in [5.41, 5.74) is 3.15. The summed E-state index contributed by atoms with van der Waals surface area (Å²) < 4.78 is 5.47. The summed E-state index contributed by atoms with van der Waals surface area (Å²) in [5.74, 6) is 1.25. The SMILES string of the molecule is Cc1ccc(-c2noc(CCN(C(=O)CC(C)(C)C)C(C)c3ccccc3)n2)cc1. The van der Waals surface area contributed by atoms with Crippen molar-refractivity contribution in [1.29, 1.82) is 0 Å². The lowest BCUT2D eigenvalue weighted by molar-refractivity contribution is -0.135. The van der Waals surface area contributed by atoms with Gasteiger partial charge in [0.2, 0.25) is 17.6 Å². The van der Waals surface area contributed by atoms with Gasteiger partial charge in [-0.3, -0.25) is 4.79 Å². The van der Waals surface area contributed by atoms with Crippen LogP contribution in [0.2, 0.25) is 0 Å². The molecule has 158 valence electrons. The molecule has 0 fully saturated rings. The van der Waals surface area contributed by atoms with E-state index in [9.17, 15) is 4.79 Å². The van der Waals surface area contributed by atoms with Gasteiger partial charge in [0.1, 0.15) is 0 Å². The van der Waals surface area contributed by atoms with Crippen molar-refractivity contribution < 1.29 is 9.32 Å². The third-order valence-corrected chi connectivity index (χ3v) is 5.10. The molecule has 0 radical (unpaired) electrons. The first-order valence-corrected chi connectivity index (χ1v) is 10.5. The molecular weight excluding hydrogens is 374 g/mol. The van der Waals surface area contributed by atoms with E-state index >= 15 is 0 Å². The highest BCUT2D eigenvalue weighted by molar-refractivity contribution is 5.77. The number of aryl methyl sites for hydroxylation is 1. The van der Waals surface area contributed by atoms with Crippen molar-refractivity contribution in [2.24, 2.45) is 5.41 Å². The predicted octanol–water partition coefficient (Wildman–Crippen LogP) is 5.61. The molecule has 0 aliphatic rings. The van der Waals surface area contributed by atoms with Crippen LogP contribution in [0.25, 0.3) is 11.4 Å². The quantitative estimate of drug-likeness (QED) is 0.512. The molecule has 1 unspecified atom stereocenters. The Hall–Kier alpha value is -2.95. The Morgan fingerprint density at radius 1 is 1.07 bits per heavy atom. The van der Waals surface area contributed by atoms with Crippen molar-refractivity contribution in [3.63, 3.8) is 0 Å². The molecule has 0 N–H and O–H groups in total. The van der Waals surface area contributed by atoms with Crippen molar-refractivity contribution in [2.75, 3.05) is 6.54 Å². The molecule has 1 atom stereocenters. The van der Waals surface area contributed by atoms with Gasteiger partial charge in [0.05, 0.1) is 6.04 Å². The molecule has 5 nitrogen and oxygen atoms in total. The van der Waals surface area contributed by atoms with Crippen LogP contribution in [0.5, 0.6) is 0 Å². The van der Waals surface area contributed by atoms with Crippen LogP contribution in [-0.2, 0) is 11.2 Å². The normalized spacial score (nSPS) is 12.6. The molecule has 1 aromatic heterocycles. The topological polar surface area (TPSA) is 59.2 Å². The van der Waals surface area contributed by atoms with Crippen LogP contribution in [-0.4, -0.2) is 27.5 Å². The zero-order valence-electron chi connectivity index (χ0n) is 18.6. The van der Waals surface area contributed by atoms with Crippen LogP contribution in [0.3, 0.4) is 0 Å². The second kappa shape index (κ2) is 9.24. The Kier molecular flexibility index (Phi) is 6.70. The minimum absolute atomic E-state index is 0.0273. The minimum atomic E-state index is -0.0746. The predicted molar refractivity (Wildman–Crippen MR) is 119 cm³/mol. The molecule has 0 saturated carbocycles. The van der Waals surface area contributed by atoms with E-state index in [1.54, 1.807) is 0 Å². The monoisotopic (exact) mass is 405 g/mol. The molecule has 2 aromatic carbocycles. The van der Waals surface area contributed by atoms with E-state index in [2.05, 4.69) is 50.0 Å². The first kappa shape index (κ1) is 21.8. The molecule has 1 heterocycles. The maximum absolute atomic E-state index is 13.1. The zero-order chi connectivity index (χ0) is 21.7. The van der Waals surface area contributed by atoms with E-state index in [-0.39, 0.29) is 17.4 Å². The summed E-state index contributed by atoms with van der Waals surface area (Å²) in [5, 5.41) is 4.11. The van der Waals surface area contributed by atoms with Crippen LogP contribution in [0.4, 0.5) is 0 Å². The molecule has 0 aliphatic carbocycles. The van der Waals surface area contributed by atoms with Crippen LogP contribution < -0.4 is 0 Å². The highest BCUT2D eigenvalue weighted by Crippen LogP contribution is 2.26. The number of nitrogens with zero attached hydrogens (tertiary/aromatic N) is 3. The number of rotatable bonds is 7. The summed E-state index contributed by atoms with van der Waals surface area (Å²) in [7, 11) is 0. The van der Waals surface area contributed by atoms with Crippen molar-refractivity contribution in [1.82, 2.24) is 15.0 Å². The van der Waals surface area contributed by atoms with E-state index in [0.717, 1.165) is 11.1 Å². The summed E-state index contributed by atoms with van der Waals surface area (Å²) in [6, 6.07) is 18.1. The first-order chi connectivity index (χ1) is 14.2. The Labute approximate surface area is 179 Å². The van der Waals surface area contributed by atoms with Crippen molar-refractivity contribution in [2.45, 2.75) is 53.5 Å². The summed E-state index contributed by atoms with van der Waals surface area (Å²) in [6.07, 6.45) is 1.01. The van der Waals surface area contributed by atoms with Gasteiger partial charge in [-0.2, -0.15) is 4.98 Å². The fourth-order valence-electron chi connectivity index (χ4n) is 3.39. The van der Waals surface area contributed by atoms with Gasteiger partial charge in [-0.1, -0.05) is 86.1 Å². The molecule has 5 heteroatoms. The van der Waals surface area contributed by atoms with Gasteiger partial charge >= 0.3 is 0 Å². The second-order valence-electron chi connectivity index (χ2n) is 9.04. The Bertz CT molecular complexity index is 956. The maximum Gasteiger partial charge on any atom is 0.228 e. The number of amides is 1. The summed E-state index contributed by atoms with van der Waals surface area (Å²) >= 11 is 0. The Morgan fingerprint density at radius 3 is 2.37 bits per heavy atom. The fraction of sp³-hybridized carbons (Fsp3) is 0.400. The third kappa shape index (κ3) is 5.78. The standard InChI is InChI=1S/C25H31N3O2/c1-18-11-13-21(14-12-18)24-26-22(30-27-24)15-16-28(23(29)17-25(3,4)5)19(2)20-9-7-6-8-10-20/h6-14,19H,15-17H2,1-5H3. The lowest BCUT2D eigenvalue weighted by Crippen LogP contribution is -2.37. The van der Waals surface area contributed by atoms with Gasteiger partial charge in [-0.15, -0.1) is 0 Å². The van der Waals surface area contributed by atoms with Gasteiger partial charge in [-0.05, 0) is 24.8 Å². The molecule has 0 saturated heterocycles. The van der Waals surface area contributed by atoms with E-state index in [4.69, 9.17) is 4.52 Å². The minimum Gasteiger partial charge on any atom is -0.339 e. The maximum atomic E-state index is 13.1. The number of benzene rings is 2. The average Bonchev–Trinajstić information content (AvgIpc) is 3.17. The smallest absolute Gasteiger partial charge is 0.228 e. The molecule has 0 bridgehead atoms. The zero-order valence-corrected chi connectivity index (χ0v) is 18.6. The average molecular weight is 406 g/mol. The largest absolute Gasteiger partial charge is 0.339 e. The van der Waals surface area contributed by atoms with Gasteiger partial charge in [0.15, 0.2) is 0 Å². The number of hydrogen-bond donors (Lipinski definition) is 0. The third-order valence-electron chi connectivity index (χ3n) is 5.10. The van der Waals surface area contributed by atoms with E-state index in [1.807, 2.05) is 54.3 Å². The molecular formula is C25H31N3O2. The molecule has 0 spiro atoms. The fourth-order valence-corrected chi connectivity index (χ4v) is 3.39. The molecule has 0 aliphatic heterocycles. The summed E-state index contributed by atoms with van der Waals surface area (Å²) in [4.78, 5) is 19.6. The Morgan fingerprint density at radius 2 is 1.73 bits per heavy atom. The van der Waals surface area contributed by atoms with Gasteiger partial charge < -0.3 is 9.42 Å². The molecule has 30 heavy (non-hydrogen) atoms. The molecule has 1 amide bonds. The number of aromatic nitrogens is 2. The van der Waals surface area contributed by atoms with Gasteiger partial charge in [0, 0.05) is 24.9 Å².